The first-order valence-corrected chi connectivity index (χ1v) is 7.84. The predicted octanol–water partition coefficient (Wildman–Crippen LogP) is 1.54. The highest BCUT2D eigenvalue weighted by Crippen LogP contribution is 2.21. The molecule has 116 valence electrons. The van der Waals surface area contributed by atoms with Crippen LogP contribution in [-0.4, -0.2) is 37.1 Å². The average Bonchev–Trinajstić information content (AvgIpc) is 2.52. The number of anilines is 1. The van der Waals surface area contributed by atoms with E-state index in [1.54, 1.807) is 6.92 Å². The number of piperidine rings is 1. The second-order valence-electron chi connectivity index (χ2n) is 5.67. The predicted molar refractivity (Wildman–Crippen MR) is 85.2 cm³/mol. The lowest BCUT2D eigenvalue weighted by Crippen LogP contribution is -2.38. The van der Waals surface area contributed by atoms with Gasteiger partial charge in [-0.25, -0.2) is 4.98 Å². The Bertz CT molecular complexity index is 438. The molecular formula is C16H26N4O. The molecule has 0 radical (unpaired) electrons. The van der Waals surface area contributed by atoms with E-state index in [9.17, 15) is 4.79 Å². The molecule has 1 aliphatic heterocycles. The molecular weight excluding hydrogens is 264 g/mol. The van der Waals surface area contributed by atoms with Gasteiger partial charge in [-0.15, -0.1) is 0 Å². The standard InChI is InChI=1S/C16H26N4O/c1-3-17-10-15-4-5-16(19-12-15)20-8-6-14(7-9-20)11-18-13(2)21/h4-5,12,14,17H,3,6-11H2,1-2H3,(H,18,21). The van der Waals surface area contributed by atoms with E-state index in [2.05, 4.69) is 39.6 Å². The second-order valence-corrected chi connectivity index (χ2v) is 5.67. The van der Waals surface area contributed by atoms with E-state index >= 15 is 0 Å². The van der Waals surface area contributed by atoms with Crippen LogP contribution in [0.4, 0.5) is 5.82 Å². The van der Waals surface area contributed by atoms with Crippen LogP contribution in [0.3, 0.4) is 0 Å². The molecule has 1 fully saturated rings. The molecule has 1 aromatic heterocycles. The number of carbonyl (C=O) groups excluding carboxylic acids is 1. The van der Waals surface area contributed by atoms with Crippen molar-refractivity contribution in [2.45, 2.75) is 33.2 Å². The number of amides is 1. The number of hydrogen-bond acceptors (Lipinski definition) is 4. The summed E-state index contributed by atoms with van der Waals surface area (Å²) in [5, 5.41) is 6.22. The van der Waals surface area contributed by atoms with Gasteiger partial charge in [0.2, 0.25) is 5.91 Å². The van der Waals surface area contributed by atoms with Crippen molar-refractivity contribution >= 4 is 11.7 Å². The van der Waals surface area contributed by atoms with Crippen LogP contribution in [0.2, 0.25) is 0 Å². The molecule has 5 nitrogen and oxygen atoms in total. The summed E-state index contributed by atoms with van der Waals surface area (Å²) in [6, 6.07) is 4.26. The number of hydrogen-bond donors (Lipinski definition) is 2. The van der Waals surface area contributed by atoms with Crippen LogP contribution in [0.1, 0.15) is 32.3 Å². The molecule has 2 N–H and O–H groups in total. The van der Waals surface area contributed by atoms with Crippen LogP contribution in [0.5, 0.6) is 0 Å². The normalized spacial score (nSPS) is 16.0. The van der Waals surface area contributed by atoms with Crippen LogP contribution in [0.15, 0.2) is 18.3 Å². The molecule has 1 saturated heterocycles. The SMILES string of the molecule is CCNCc1ccc(N2CCC(CNC(C)=O)CC2)nc1. The molecule has 1 aliphatic rings. The Morgan fingerprint density at radius 2 is 2.14 bits per heavy atom. The summed E-state index contributed by atoms with van der Waals surface area (Å²) in [5.41, 5.74) is 1.22. The lowest BCUT2D eigenvalue weighted by atomic mass is 9.97. The second kappa shape index (κ2) is 7.98. The van der Waals surface area contributed by atoms with Gasteiger partial charge >= 0.3 is 0 Å². The van der Waals surface area contributed by atoms with Crippen LogP contribution in [0, 0.1) is 5.92 Å². The fourth-order valence-corrected chi connectivity index (χ4v) is 2.63. The van der Waals surface area contributed by atoms with Gasteiger partial charge in [-0.1, -0.05) is 13.0 Å². The minimum atomic E-state index is 0.0652. The Hall–Kier alpha value is -1.62. The first-order chi connectivity index (χ1) is 10.2. The summed E-state index contributed by atoms with van der Waals surface area (Å²) < 4.78 is 0. The monoisotopic (exact) mass is 290 g/mol. The highest BCUT2D eigenvalue weighted by molar-refractivity contribution is 5.72. The van der Waals surface area contributed by atoms with Gasteiger partial charge in [0.05, 0.1) is 0 Å². The molecule has 1 aromatic rings. The van der Waals surface area contributed by atoms with E-state index in [1.807, 2.05) is 6.20 Å². The minimum absolute atomic E-state index is 0.0652. The number of carbonyl (C=O) groups is 1. The van der Waals surface area contributed by atoms with Crippen LogP contribution in [-0.2, 0) is 11.3 Å². The molecule has 2 heterocycles. The molecule has 0 bridgehead atoms. The molecule has 0 unspecified atom stereocenters. The average molecular weight is 290 g/mol. The van der Waals surface area contributed by atoms with Crippen molar-refractivity contribution in [2.24, 2.45) is 5.92 Å². The van der Waals surface area contributed by atoms with E-state index in [4.69, 9.17) is 0 Å². The zero-order valence-electron chi connectivity index (χ0n) is 13.1. The molecule has 1 amide bonds. The van der Waals surface area contributed by atoms with Crippen LogP contribution >= 0.6 is 0 Å². The number of nitrogens with zero attached hydrogens (tertiary/aromatic N) is 2. The van der Waals surface area contributed by atoms with Gasteiger partial charge in [0, 0.05) is 39.3 Å². The molecule has 0 atom stereocenters. The molecule has 2 rings (SSSR count). The maximum Gasteiger partial charge on any atom is 0.216 e. The van der Waals surface area contributed by atoms with E-state index in [1.165, 1.54) is 5.56 Å². The van der Waals surface area contributed by atoms with E-state index < -0.39 is 0 Å². The molecule has 0 saturated carbocycles. The first-order valence-electron chi connectivity index (χ1n) is 7.84. The first kappa shape index (κ1) is 15.8. The van der Waals surface area contributed by atoms with Gasteiger partial charge in [0.15, 0.2) is 0 Å². The summed E-state index contributed by atoms with van der Waals surface area (Å²) in [6.45, 7) is 8.37. The topological polar surface area (TPSA) is 57.3 Å². The maximum absolute atomic E-state index is 10.9. The zero-order chi connectivity index (χ0) is 15.1. The number of rotatable bonds is 6. The third-order valence-electron chi connectivity index (χ3n) is 3.97. The fourth-order valence-electron chi connectivity index (χ4n) is 2.63. The van der Waals surface area contributed by atoms with Crippen LogP contribution in [0.25, 0.3) is 0 Å². The summed E-state index contributed by atoms with van der Waals surface area (Å²) in [6.07, 6.45) is 4.18. The third kappa shape index (κ3) is 5.01. The Morgan fingerprint density at radius 1 is 1.38 bits per heavy atom. The minimum Gasteiger partial charge on any atom is -0.357 e. The smallest absolute Gasteiger partial charge is 0.216 e. The van der Waals surface area contributed by atoms with E-state index in [0.717, 1.165) is 51.4 Å². The lowest BCUT2D eigenvalue weighted by Gasteiger charge is -2.32. The highest BCUT2D eigenvalue weighted by Gasteiger charge is 2.20. The van der Waals surface area contributed by atoms with Gasteiger partial charge in [-0.3, -0.25) is 4.79 Å². The Balaban J connectivity index is 1.80. The Morgan fingerprint density at radius 3 is 2.71 bits per heavy atom. The van der Waals surface area contributed by atoms with Gasteiger partial charge < -0.3 is 15.5 Å². The van der Waals surface area contributed by atoms with Gasteiger partial charge in [-0.2, -0.15) is 0 Å². The molecule has 5 heteroatoms. The summed E-state index contributed by atoms with van der Waals surface area (Å²) in [4.78, 5) is 17.8. The van der Waals surface area contributed by atoms with Gasteiger partial charge in [0.1, 0.15) is 5.82 Å². The van der Waals surface area contributed by atoms with Crippen molar-refractivity contribution in [1.82, 2.24) is 15.6 Å². The number of aromatic nitrogens is 1. The quantitative estimate of drug-likeness (QED) is 0.834. The lowest BCUT2D eigenvalue weighted by molar-refractivity contribution is -0.119. The van der Waals surface area contributed by atoms with Crippen molar-refractivity contribution in [2.75, 3.05) is 31.1 Å². The van der Waals surface area contributed by atoms with Crippen molar-refractivity contribution < 1.29 is 4.79 Å². The van der Waals surface area contributed by atoms with Crippen molar-refractivity contribution in [3.05, 3.63) is 23.9 Å². The van der Waals surface area contributed by atoms with Crippen molar-refractivity contribution in [1.29, 1.82) is 0 Å². The number of pyridine rings is 1. The van der Waals surface area contributed by atoms with Crippen LogP contribution < -0.4 is 15.5 Å². The fraction of sp³-hybridized carbons (Fsp3) is 0.625. The van der Waals surface area contributed by atoms with Gasteiger partial charge in [0.25, 0.3) is 0 Å². The third-order valence-corrected chi connectivity index (χ3v) is 3.97. The highest BCUT2D eigenvalue weighted by atomic mass is 16.1. The molecule has 0 spiro atoms. The largest absolute Gasteiger partial charge is 0.357 e. The summed E-state index contributed by atoms with van der Waals surface area (Å²) in [7, 11) is 0. The molecule has 0 aromatic carbocycles. The van der Waals surface area contributed by atoms with E-state index in [0.29, 0.717) is 5.92 Å². The molecule has 0 aliphatic carbocycles. The van der Waals surface area contributed by atoms with Crippen molar-refractivity contribution in [3.63, 3.8) is 0 Å². The van der Waals surface area contributed by atoms with E-state index in [-0.39, 0.29) is 5.91 Å². The van der Waals surface area contributed by atoms with Crippen molar-refractivity contribution in [3.8, 4) is 0 Å². The Kier molecular flexibility index (Phi) is 5.99. The zero-order valence-corrected chi connectivity index (χ0v) is 13.1. The number of nitrogens with one attached hydrogen (secondary N) is 2. The van der Waals surface area contributed by atoms with Gasteiger partial charge in [-0.05, 0) is 36.9 Å². The summed E-state index contributed by atoms with van der Waals surface area (Å²) in [5.74, 6) is 1.72. The maximum atomic E-state index is 10.9. The molecule has 21 heavy (non-hydrogen) atoms. The summed E-state index contributed by atoms with van der Waals surface area (Å²) >= 11 is 0. The Labute approximate surface area is 127 Å².